The first kappa shape index (κ1) is 14.5. The number of rotatable bonds is 3. The minimum absolute atomic E-state index is 0.240. The van der Waals surface area contributed by atoms with E-state index in [1.54, 1.807) is 19.2 Å². The first-order chi connectivity index (χ1) is 8.97. The number of benzene rings is 1. The van der Waals surface area contributed by atoms with Gasteiger partial charge < -0.3 is 4.90 Å². The third kappa shape index (κ3) is 3.57. The molecule has 8 heteroatoms. The van der Waals surface area contributed by atoms with Crippen molar-refractivity contribution in [2.45, 2.75) is 6.54 Å². The summed E-state index contributed by atoms with van der Waals surface area (Å²) in [5.41, 5.74) is 0.876. The minimum atomic E-state index is -0.240. The van der Waals surface area contributed by atoms with Crippen LogP contribution in [0.3, 0.4) is 0 Å². The SMILES string of the molecule is CN(Cc1ccc(Cl)c(Cl)c1)C(=O)c1nnc(Cl)s1. The average molecular weight is 337 g/mol. The summed E-state index contributed by atoms with van der Waals surface area (Å²) in [6, 6.07) is 5.23. The normalized spacial score (nSPS) is 10.5. The van der Waals surface area contributed by atoms with Crippen LogP contribution in [0.5, 0.6) is 0 Å². The molecule has 2 rings (SSSR count). The number of amides is 1. The van der Waals surface area contributed by atoms with Gasteiger partial charge in [-0.25, -0.2) is 0 Å². The second-order valence-electron chi connectivity index (χ2n) is 3.77. The van der Waals surface area contributed by atoms with E-state index in [2.05, 4.69) is 10.2 Å². The third-order valence-corrected chi connectivity index (χ3v) is 4.08. The van der Waals surface area contributed by atoms with Crippen molar-refractivity contribution in [1.82, 2.24) is 15.1 Å². The molecule has 100 valence electrons. The van der Waals surface area contributed by atoms with Gasteiger partial charge in [0.05, 0.1) is 10.0 Å². The van der Waals surface area contributed by atoms with Gasteiger partial charge in [0.2, 0.25) is 9.47 Å². The topological polar surface area (TPSA) is 46.1 Å². The summed E-state index contributed by atoms with van der Waals surface area (Å²) in [5, 5.41) is 8.51. The molecule has 0 aliphatic carbocycles. The fourth-order valence-corrected chi connectivity index (χ4v) is 2.58. The molecule has 1 aromatic carbocycles. The van der Waals surface area contributed by atoms with Gasteiger partial charge in [-0.3, -0.25) is 4.79 Å². The molecule has 0 bridgehead atoms. The minimum Gasteiger partial charge on any atom is -0.335 e. The number of aromatic nitrogens is 2. The quantitative estimate of drug-likeness (QED) is 0.857. The van der Waals surface area contributed by atoms with Crippen molar-refractivity contribution in [3.63, 3.8) is 0 Å². The van der Waals surface area contributed by atoms with Crippen molar-refractivity contribution >= 4 is 52.0 Å². The third-order valence-electron chi connectivity index (χ3n) is 2.33. The zero-order chi connectivity index (χ0) is 14.0. The van der Waals surface area contributed by atoms with E-state index in [4.69, 9.17) is 34.8 Å². The van der Waals surface area contributed by atoms with Gasteiger partial charge in [-0.15, -0.1) is 10.2 Å². The van der Waals surface area contributed by atoms with Crippen LogP contribution in [-0.4, -0.2) is 28.1 Å². The molecular weight excluding hydrogens is 329 g/mol. The van der Waals surface area contributed by atoms with Gasteiger partial charge in [0.15, 0.2) is 0 Å². The van der Waals surface area contributed by atoms with Gasteiger partial charge in [-0.1, -0.05) is 40.6 Å². The standard InChI is InChI=1S/C11H8Cl3N3OS/c1-17(10(18)9-15-16-11(14)19-9)5-6-2-3-7(12)8(13)4-6/h2-4H,5H2,1H3. The molecule has 0 unspecified atom stereocenters. The van der Waals surface area contributed by atoms with E-state index in [1.165, 1.54) is 4.90 Å². The highest BCUT2D eigenvalue weighted by atomic mass is 35.5. The van der Waals surface area contributed by atoms with Crippen molar-refractivity contribution in [1.29, 1.82) is 0 Å². The molecule has 0 aliphatic heterocycles. The Balaban J connectivity index is 2.10. The van der Waals surface area contributed by atoms with Crippen molar-refractivity contribution in [2.24, 2.45) is 0 Å². The van der Waals surface area contributed by atoms with Crippen molar-refractivity contribution < 1.29 is 4.79 Å². The molecule has 4 nitrogen and oxygen atoms in total. The van der Waals surface area contributed by atoms with E-state index in [0.717, 1.165) is 16.9 Å². The van der Waals surface area contributed by atoms with Crippen LogP contribution >= 0.6 is 46.1 Å². The molecule has 0 fully saturated rings. The molecule has 0 N–H and O–H groups in total. The lowest BCUT2D eigenvalue weighted by Crippen LogP contribution is -2.26. The Morgan fingerprint density at radius 1 is 1.26 bits per heavy atom. The molecule has 0 saturated carbocycles. The van der Waals surface area contributed by atoms with Gasteiger partial charge in [0.25, 0.3) is 5.91 Å². The molecule has 0 radical (unpaired) electrons. The monoisotopic (exact) mass is 335 g/mol. The van der Waals surface area contributed by atoms with E-state index >= 15 is 0 Å². The Bertz CT molecular complexity index is 617. The number of carbonyl (C=O) groups excluding carboxylic acids is 1. The molecular formula is C11H8Cl3N3OS. The second-order valence-corrected chi connectivity index (χ2v) is 6.14. The number of carbonyl (C=O) groups is 1. The number of nitrogens with zero attached hydrogens (tertiary/aromatic N) is 3. The van der Waals surface area contributed by atoms with Crippen molar-refractivity contribution in [2.75, 3.05) is 7.05 Å². The van der Waals surface area contributed by atoms with E-state index in [-0.39, 0.29) is 15.4 Å². The molecule has 1 amide bonds. The van der Waals surface area contributed by atoms with Crippen LogP contribution in [0.25, 0.3) is 0 Å². The lowest BCUT2D eigenvalue weighted by molar-refractivity contribution is 0.0784. The maximum atomic E-state index is 12.0. The molecule has 0 saturated heterocycles. The number of hydrogen-bond acceptors (Lipinski definition) is 4. The van der Waals surface area contributed by atoms with Crippen molar-refractivity contribution in [3.8, 4) is 0 Å². The molecule has 1 heterocycles. The maximum absolute atomic E-state index is 12.0. The predicted octanol–water partition coefficient (Wildman–Crippen LogP) is 3.77. The summed E-state index contributed by atoms with van der Waals surface area (Å²) >= 11 is 18.5. The van der Waals surface area contributed by atoms with E-state index in [1.807, 2.05) is 6.07 Å². The lowest BCUT2D eigenvalue weighted by atomic mass is 10.2. The van der Waals surface area contributed by atoms with Crippen LogP contribution in [0.2, 0.25) is 14.5 Å². The van der Waals surface area contributed by atoms with Crippen LogP contribution in [0, 0.1) is 0 Å². The maximum Gasteiger partial charge on any atom is 0.284 e. The Kier molecular flexibility index (Phi) is 4.62. The highest BCUT2D eigenvalue weighted by Crippen LogP contribution is 2.23. The van der Waals surface area contributed by atoms with Gasteiger partial charge in [0.1, 0.15) is 0 Å². The summed E-state index contributed by atoms with van der Waals surface area (Å²) in [6.07, 6.45) is 0. The summed E-state index contributed by atoms with van der Waals surface area (Å²) in [6.45, 7) is 0.396. The molecule has 0 atom stereocenters. The highest BCUT2D eigenvalue weighted by molar-refractivity contribution is 7.17. The molecule has 1 aromatic heterocycles. The largest absolute Gasteiger partial charge is 0.335 e. The number of halogens is 3. The van der Waals surface area contributed by atoms with E-state index in [0.29, 0.717) is 16.6 Å². The lowest BCUT2D eigenvalue weighted by Gasteiger charge is -2.15. The fourth-order valence-electron chi connectivity index (χ4n) is 1.44. The smallest absolute Gasteiger partial charge is 0.284 e. The van der Waals surface area contributed by atoms with Gasteiger partial charge in [-0.2, -0.15) is 0 Å². The molecule has 2 aromatic rings. The molecule has 19 heavy (non-hydrogen) atoms. The summed E-state index contributed by atoms with van der Waals surface area (Å²) in [4.78, 5) is 13.5. The first-order valence-electron chi connectivity index (χ1n) is 5.16. The summed E-state index contributed by atoms with van der Waals surface area (Å²) in [7, 11) is 1.67. The first-order valence-corrected chi connectivity index (χ1v) is 7.11. The Labute approximate surface area is 128 Å². The average Bonchev–Trinajstić information content (AvgIpc) is 2.79. The Morgan fingerprint density at radius 3 is 2.58 bits per heavy atom. The van der Waals surface area contributed by atoms with Crippen LogP contribution in [0.1, 0.15) is 15.4 Å². The zero-order valence-electron chi connectivity index (χ0n) is 9.73. The van der Waals surface area contributed by atoms with Crippen LogP contribution in [0.15, 0.2) is 18.2 Å². The van der Waals surface area contributed by atoms with E-state index in [9.17, 15) is 4.79 Å². The fraction of sp³-hybridized carbons (Fsp3) is 0.182. The summed E-state index contributed by atoms with van der Waals surface area (Å²) < 4.78 is 0.242. The van der Waals surface area contributed by atoms with Crippen molar-refractivity contribution in [3.05, 3.63) is 43.3 Å². The Morgan fingerprint density at radius 2 is 2.00 bits per heavy atom. The van der Waals surface area contributed by atoms with Gasteiger partial charge in [-0.05, 0) is 29.3 Å². The second kappa shape index (κ2) is 6.05. The van der Waals surface area contributed by atoms with Gasteiger partial charge >= 0.3 is 0 Å². The summed E-state index contributed by atoms with van der Waals surface area (Å²) in [5.74, 6) is -0.240. The molecule has 0 aliphatic rings. The van der Waals surface area contributed by atoms with E-state index < -0.39 is 0 Å². The van der Waals surface area contributed by atoms with Crippen LogP contribution in [0.4, 0.5) is 0 Å². The zero-order valence-corrected chi connectivity index (χ0v) is 12.8. The molecule has 0 spiro atoms. The van der Waals surface area contributed by atoms with Gasteiger partial charge in [0, 0.05) is 13.6 Å². The highest BCUT2D eigenvalue weighted by Gasteiger charge is 2.17. The number of hydrogen-bond donors (Lipinski definition) is 0. The van der Waals surface area contributed by atoms with Crippen LogP contribution in [-0.2, 0) is 6.54 Å². The predicted molar refractivity (Wildman–Crippen MR) is 77.2 cm³/mol. The Hall–Kier alpha value is -0.880. The van der Waals surface area contributed by atoms with Crippen LogP contribution < -0.4 is 0 Å².